The minimum absolute atomic E-state index is 0.487. The van der Waals surface area contributed by atoms with E-state index in [1.165, 1.54) is 18.8 Å². The maximum absolute atomic E-state index is 5.20. The van der Waals surface area contributed by atoms with Crippen molar-refractivity contribution in [1.29, 1.82) is 0 Å². The maximum Gasteiger partial charge on any atom is 0.119 e. The van der Waals surface area contributed by atoms with Gasteiger partial charge >= 0.3 is 0 Å². The summed E-state index contributed by atoms with van der Waals surface area (Å²) in [5.41, 5.74) is 1.83. The number of methoxy groups -OCH3 is 1. The Hall–Kier alpha value is -1.18. The molecule has 2 aliphatic rings. The van der Waals surface area contributed by atoms with E-state index in [-0.39, 0.29) is 0 Å². The van der Waals surface area contributed by atoms with Gasteiger partial charge in [0.05, 0.1) is 7.11 Å². The third-order valence-corrected chi connectivity index (χ3v) is 4.63. The molecule has 2 atom stereocenters. The molecule has 0 radical (unpaired) electrons. The van der Waals surface area contributed by atoms with Crippen LogP contribution in [-0.4, -0.2) is 20.2 Å². The number of fused-ring (bicyclic) bond motifs is 1. The number of hydrogen-bond acceptors (Lipinski definition) is 2. The Morgan fingerprint density at radius 3 is 2.06 bits per heavy atom. The summed E-state index contributed by atoms with van der Waals surface area (Å²) in [6.07, 6.45) is 0. The van der Waals surface area contributed by atoms with Crippen molar-refractivity contribution in [3.05, 3.63) is 24.3 Å². The molecule has 1 aliphatic heterocycles. The number of ether oxygens (including phenoxy) is 1. The van der Waals surface area contributed by atoms with Crippen molar-refractivity contribution in [3.8, 4) is 5.75 Å². The zero-order valence-corrected chi connectivity index (χ0v) is 11.8. The average molecular weight is 245 g/mol. The van der Waals surface area contributed by atoms with E-state index < -0.39 is 0 Å². The van der Waals surface area contributed by atoms with Crippen LogP contribution in [0, 0.1) is 23.2 Å². The van der Waals surface area contributed by atoms with Crippen LogP contribution in [0.3, 0.4) is 0 Å². The molecule has 3 rings (SSSR count). The van der Waals surface area contributed by atoms with E-state index in [0.29, 0.717) is 5.41 Å². The van der Waals surface area contributed by atoms with Crippen molar-refractivity contribution in [1.82, 2.24) is 0 Å². The Balaban J connectivity index is 1.65. The molecule has 0 amide bonds. The summed E-state index contributed by atoms with van der Waals surface area (Å²) in [5.74, 6) is 3.72. The summed E-state index contributed by atoms with van der Waals surface area (Å²) in [6, 6.07) is 8.46. The SMILES string of the molecule is COc1ccc(N2CC3C(C2)C3C(C)(C)C)cc1. The number of benzene rings is 1. The van der Waals surface area contributed by atoms with Gasteiger partial charge in [0.25, 0.3) is 0 Å². The van der Waals surface area contributed by atoms with Gasteiger partial charge in [-0.1, -0.05) is 20.8 Å². The van der Waals surface area contributed by atoms with Crippen molar-refractivity contribution in [2.45, 2.75) is 20.8 Å². The van der Waals surface area contributed by atoms with Crippen molar-refractivity contribution in [2.75, 3.05) is 25.1 Å². The summed E-state index contributed by atoms with van der Waals surface area (Å²) in [6.45, 7) is 9.62. The molecular formula is C16H23NO. The summed E-state index contributed by atoms with van der Waals surface area (Å²) >= 11 is 0. The highest BCUT2D eigenvalue weighted by atomic mass is 16.5. The maximum atomic E-state index is 5.20. The molecular weight excluding hydrogens is 222 g/mol. The predicted molar refractivity (Wildman–Crippen MR) is 75.1 cm³/mol. The number of hydrogen-bond donors (Lipinski definition) is 0. The van der Waals surface area contributed by atoms with Crippen molar-refractivity contribution in [2.24, 2.45) is 23.2 Å². The van der Waals surface area contributed by atoms with Gasteiger partial charge in [-0.05, 0) is 47.4 Å². The summed E-state index contributed by atoms with van der Waals surface area (Å²) in [4.78, 5) is 2.52. The quantitative estimate of drug-likeness (QED) is 0.791. The molecule has 2 fully saturated rings. The van der Waals surface area contributed by atoms with Crippen LogP contribution in [0.4, 0.5) is 5.69 Å². The van der Waals surface area contributed by atoms with E-state index in [9.17, 15) is 0 Å². The van der Waals surface area contributed by atoms with Gasteiger partial charge in [0.15, 0.2) is 0 Å². The predicted octanol–water partition coefficient (Wildman–Crippen LogP) is 3.42. The highest BCUT2D eigenvalue weighted by Gasteiger charge is 2.59. The van der Waals surface area contributed by atoms with Crippen LogP contribution in [0.5, 0.6) is 5.75 Å². The first-order valence-corrected chi connectivity index (χ1v) is 6.89. The lowest BCUT2D eigenvalue weighted by Crippen LogP contribution is -2.27. The summed E-state index contributed by atoms with van der Waals surface area (Å²) in [5, 5.41) is 0. The zero-order chi connectivity index (χ0) is 12.9. The minimum atomic E-state index is 0.487. The fourth-order valence-electron chi connectivity index (χ4n) is 3.81. The van der Waals surface area contributed by atoms with Gasteiger partial charge in [0.1, 0.15) is 5.75 Å². The smallest absolute Gasteiger partial charge is 0.119 e. The molecule has 0 N–H and O–H groups in total. The standard InChI is InChI=1S/C16H23NO/c1-16(2,3)15-13-9-17(10-14(13)15)11-5-7-12(18-4)8-6-11/h5-8,13-15H,9-10H2,1-4H3. The third-order valence-electron chi connectivity index (χ3n) is 4.63. The van der Waals surface area contributed by atoms with Crippen molar-refractivity contribution in [3.63, 3.8) is 0 Å². The molecule has 1 heterocycles. The van der Waals surface area contributed by atoms with Crippen LogP contribution in [-0.2, 0) is 0 Å². The minimum Gasteiger partial charge on any atom is -0.497 e. The molecule has 2 heteroatoms. The molecule has 18 heavy (non-hydrogen) atoms. The first-order chi connectivity index (χ1) is 8.50. The number of nitrogens with zero attached hydrogens (tertiary/aromatic N) is 1. The third kappa shape index (κ3) is 1.88. The Morgan fingerprint density at radius 2 is 1.61 bits per heavy atom. The topological polar surface area (TPSA) is 12.5 Å². The Bertz CT molecular complexity index is 419. The second kappa shape index (κ2) is 3.91. The van der Waals surface area contributed by atoms with Gasteiger partial charge in [-0.25, -0.2) is 0 Å². The molecule has 2 unspecified atom stereocenters. The number of piperidine rings is 1. The monoisotopic (exact) mass is 245 g/mol. The van der Waals surface area contributed by atoms with Crippen LogP contribution in [0.2, 0.25) is 0 Å². The highest BCUT2D eigenvalue weighted by Crippen LogP contribution is 2.60. The highest BCUT2D eigenvalue weighted by molar-refractivity contribution is 5.51. The lowest BCUT2D eigenvalue weighted by atomic mass is 9.87. The molecule has 1 aromatic carbocycles. The number of rotatable bonds is 2. The van der Waals surface area contributed by atoms with E-state index in [0.717, 1.165) is 23.5 Å². The van der Waals surface area contributed by atoms with E-state index in [1.807, 2.05) is 0 Å². The second-order valence-electron chi connectivity index (χ2n) is 6.82. The van der Waals surface area contributed by atoms with Gasteiger partial charge in [0.2, 0.25) is 0 Å². The van der Waals surface area contributed by atoms with Crippen LogP contribution < -0.4 is 9.64 Å². The summed E-state index contributed by atoms with van der Waals surface area (Å²) < 4.78 is 5.20. The van der Waals surface area contributed by atoms with Crippen LogP contribution >= 0.6 is 0 Å². The average Bonchev–Trinajstić information content (AvgIpc) is 2.87. The molecule has 2 nitrogen and oxygen atoms in total. The first kappa shape index (κ1) is 11.9. The van der Waals surface area contributed by atoms with Crippen LogP contribution in [0.1, 0.15) is 20.8 Å². The van der Waals surface area contributed by atoms with Crippen molar-refractivity contribution < 1.29 is 4.74 Å². The van der Waals surface area contributed by atoms with Crippen molar-refractivity contribution >= 4 is 5.69 Å². The van der Waals surface area contributed by atoms with Crippen LogP contribution in [0.25, 0.3) is 0 Å². The summed E-state index contributed by atoms with van der Waals surface area (Å²) in [7, 11) is 1.72. The second-order valence-corrected chi connectivity index (χ2v) is 6.82. The molecule has 1 aromatic rings. The molecule has 98 valence electrons. The van der Waals surface area contributed by atoms with Gasteiger partial charge < -0.3 is 9.64 Å². The number of anilines is 1. The largest absolute Gasteiger partial charge is 0.497 e. The first-order valence-electron chi connectivity index (χ1n) is 6.89. The molecule has 0 spiro atoms. The lowest BCUT2D eigenvalue weighted by molar-refractivity contribution is 0.309. The Labute approximate surface area is 110 Å². The fourth-order valence-corrected chi connectivity index (χ4v) is 3.81. The zero-order valence-electron chi connectivity index (χ0n) is 11.8. The van der Waals surface area contributed by atoms with Gasteiger partial charge in [-0.3, -0.25) is 0 Å². The normalized spacial score (nSPS) is 30.2. The lowest BCUT2D eigenvalue weighted by Gasteiger charge is -2.27. The van der Waals surface area contributed by atoms with Gasteiger partial charge in [0, 0.05) is 18.8 Å². The van der Waals surface area contributed by atoms with E-state index in [2.05, 4.69) is 49.9 Å². The molecule has 0 bridgehead atoms. The van der Waals surface area contributed by atoms with E-state index >= 15 is 0 Å². The molecule has 1 aliphatic carbocycles. The Morgan fingerprint density at radius 1 is 1.06 bits per heavy atom. The fraction of sp³-hybridized carbons (Fsp3) is 0.625. The van der Waals surface area contributed by atoms with E-state index in [1.54, 1.807) is 7.11 Å². The Kier molecular flexibility index (Phi) is 2.58. The van der Waals surface area contributed by atoms with E-state index in [4.69, 9.17) is 4.74 Å². The van der Waals surface area contributed by atoms with Gasteiger partial charge in [-0.2, -0.15) is 0 Å². The van der Waals surface area contributed by atoms with Crippen LogP contribution in [0.15, 0.2) is 24.3 Å². The molecule has 1 saturated carbocycles. The van der Waals surface area contributed by atoms with Gasteiger partial charge in [-0.15, -0.1) is 0 Å². The molecule has 1 saturated heterocycles. The molecule has 0 aromatic heterocycles.